The largest absolute Gasteiger partial charge is 0.464 e. The van der Waals surface area contributed by atoms with E-state index in [1.165, 1.54) is 21.7 Å². The number of fused-ring (bicyclic) bond motifs is 3. The van der Waals surface area contributed by atoms with Crippen LogP contribution >= 0.6 is 8.15 Å². The SMILES string of the molecule is c1ccc(P2Oc3ccccc3-c3ccccc32)cc1. The summed E-state index contributed by atoms with van der Waals surface area (Å²) in [5.41, 5.74) is 2.49. The Bertz CT molecular complexity index is 752. The molecule has 96 valence electrons. The smallest absolute Gasteiger partial charge is 0.151 e. The fourth-order valence-electron chi connectivity index (χ4n) is 2.55. The van der Waals surface area contributed by atoms with Crippen LogP contribution < -0.4 is 15.1 Å². The van der Waals surface area contributed by atoms with Crippen molar-refractivity contribution in [3.63, 3.8) is 0 Å². The zero-order valence-electron chi connectivity index (χ0n) is 10.9. The van der Waals surface area contributed by atoms with Crippen molar-refractivity contribution in [3.8, 4) is 16.9 Å². The maximum Gasteiger partial charge on any atom is 0.151 e. The predicted octanol–water partition coefficient (Wildman–Crippen LogP) is 4.09. The molecular weight excluding hydrogens is 263 g/mol. The van der Waals surface area contributed by atoms with Gasteiger partial charge in [0.15, 0.2) is 8.15 Å². The standard InChI is InChI=1S/C18H13OP/c1-2-8-14(9-3-1)20-18-13-7-5-11-16(18)15-10-4-6-12-17(15)19-20/h1-13H. The monoisotopic (exact) mass is 276 g/mol. The van der Waals surface area contributed by atoms with Crippen LogP contribution in [0.1, 0.15) is 0 Å². The Kier molecular flexibility index (Phi) is 2.79. The lowest BCUT2D eigenvalue weighted by molar-refractivity contribution is 0.629. The highest BCUT2D eigenvalue weighted by Gasteiger charge is 2.27. The zero-order chi connectivity index (χ0) is 13.4. The number of hydrogen-bond donors (Lipinski definition) is 0. The molecule has 0 fully saturated rings. The third kappa shape index (κ3) is 1.83. The third-order valence-electron chi connectivity index (χ3n) is 3.48. The second-order valence-corrected chi connectivity index (χ2v) is 6.50. The van der Waals surface area contributed by atoms with Crippen LogP contribution in [0.4, 0.5) is 0 Å². The van der Waals surface area contributed by atoms with Gasteiger partial charge in [0.1, 0.15) is 5.75 Å². The summed E-state index contributed by atoms with van der Waals surface area (Å²) >= 11 is 0. The molecule has 1 atom stereocenters. The molecule has 0 bridgehead atoms. The van der Waals surface area contributed by atoms with Gasteiger partial charge in [0, 0.05) is 16.2 Å². The van der Waals surface area contributed by atoms with E-state index in [9.17, 15) is 0 Å². The highest BCUT2D eigenvalue weighted by Crippen LogP contribution is 2.47. The molecule has 0 spiro atoms. The molecule has 4 rings (SSSR count). The molecule has 0 aliphatic carbocycles. The van der Waals surface area contributed by atoms with Gasteiger partial charge in [0.2, 0.25) is 0 Å². The molecule has 1 unspecified atom stereocenters. The van der Waals surface area contributed by atoms with Gasteiger partial charge in [-0.25, -0.2) is 0 Å². The number of benzene rings is 3. The van der Waals surface area contributed by atoms with Crippen molar-refractivity contribution in [2.75, 3.05) is 0 Å². The average Bonchev–Trinajstić information content (AvgIpc) is 2.55. The molecular formula is C18H13OP. The molecule has 1 nitrogen and oxygen atoms in total. The van der Waals surface area contributed by atoms with Crippen LogP contribution in [0.5, 0.6) is 5.75 Å². The Hall–Kier alpha value is -2.11. The summed E-state index contributed by atoms with van der Waals surface area (Å²) in [4.78, 5) is 0. The van der Waals surface area contributed by atoms with E-state index in [-0.39, 0.29) is 0 Å². The predicted molar refractivity (Wildman–Crippen MR) is 85.1 cm³/mol. The van der Waals surface area contributed by atoms with E-state index in [2.05, 4.69) is 66.7 Å². The lowest BCUT2D eigenvalue weighted by Gasteiger charge is -2.28. The molecule has 1 aliphatic rings. The van der Waals surface area contributed by atoms with Crippen LogP contribution in [0.2, 0.25) is 0 Å². The quantitative estimate of drug-likeness (QED) is 0.608. The summed E-state index contributed by atoms with van der Waals surface area (Å²) in [6, 6.07) is 27.3. The van der Waals surface area contributed by atoms with Crippen molar-refractivity contribution < 1.29 is 4.52 Å². The number of hydrogen-bond acceptors (Lipinski definition) is 1. The fraction of sp³-hybridized carbons (Fsp3) is 0. The van der Waals surface area contributed by atoms with Gasteiger partial charge < -0.3 is 4.52 Å². The van der Waals surface area contributed by atoms with Crippen LogP contribution in [0.3, 0.4) is 0 Å². The summed E-state index contributed by atoms with van der Waals surface area (Å²) in [6.07, 6.45) is 0. The van der Waals surface area contributed by atoms with E-state index in [1.807, 2.05) is 12.1 Å². The molecule has 0 amide bonds. The molecule has 0 saturated carbocycles. The lowest BCUT2D eigenvalue weighted by atomic mass is 10.0. The first kappa shape index (κ1) is 11.7. The summed E-state index contributed by atoms with van der Waals surface area (Å²) in [6.45, 7) is 0. The molecule has 3 aromatic rings. The first-order chi connectivity index (χ1) is 9.93. The topological polar surface area (TPSA) is 9.23 Å². The van der Waals surface area contributed by atoms with Crippen molar-refractivity contribution in [1.29, 1.82) is 0 Å². The van der Waals surface area contributed by atoms with Gasteiger partial charge >= 0.3 is 0 Å². The molecule has 20 heavy (non-hydrogen) atoms. The Balaban J connectivity index is 1.93. The Morgan fingerprint density at radius 3 is 2.10 bits per heavy atom. The second kappa shape index (κ2) is 4.77. The van der Waals surface area contributed by atoms with Gasteiger partial charge in [0.05, 0.1) is 0 Å². The molecule has 3 aromatic carbocycles. The molecule has 1 heterocycles. The summed E-state index contributed by atoms with van der Waals surface area (Å²) in [5, 5.41) is 2.55. The lowest BCUT2D eigenvalue weighted by Crippen LogP contribution is -2.21. The molecule has 2 heteroatoms. The van der Waals surface area contributed by atoms with Crippen LogP contribution in [-0.4, -0.2) is 0 Å². The fourth-order valence-corrected chi connectivity index (χ4v) is 4.47. The highest BCUT2D eigenvalue weighted by atomic mass is 31.1. The van der Waals surface area contributed by atoms with Gasteiger partial charge in [-0.2, -0.15) is 0 Å². The van der Waals surface area contributed by atoms with E-state index in [4.69, 9.17) is 4.52 Å². The Morgan fingerprint density at radius 2 is 1.25 bits per heavy atom. The molecule has 0 N–H and O–H groups in total. The molecule has 0 saturated heterocycles. The second-order valence-electron chi connectivity index (χ2n) is 4.73. The molecule has 0 aromatic heterocycles. The molecule has 0 radical (unpaired) electrons. The van der Waals surface area contributed by atoms with E-state index in [0.29, 0.717) is 0 Å². The number of rotatable bonds is 1. The maximum atomic E-state index is 6.31. The van der Waals surface area contributed by atoms with Crippen LogP contribution in [0, 0.1) is 0 Å². The summed E-state index contributed by atoms with van der Waals surface area (Å²) in [5.74, 6) is 0.987. The highest BCUT2D eigenvalue weighted by molar-refractivity contribution is 7.69. The van der Waals surface area contributed by atoms with E-state index < -0.39 is 8.15 Å². The van der Waals surface area contributed by atoms with Crippen molar-refractivity contribution in [1.82, 2.24) is 0 Å². The van der Waals surface area contributed by atoms with Crippen LogP contribution in [0.15, 0.2) is 78.9 Å². The summed E-state index contributed by atoms with van der Waals surface area (Å²) in [7, 11) is -0.769. The van der Waals surface area contributed by atoms with Gasteiger partial charge in [-0.05, 0) is 11.6 Å². The van der Waals surface area contributed by atoms with E-state index in [1.54, 1.807) is 0 Å². The Labute approximate surface area is 119 Å². The first-order valence-corrected chi connectivity index (χ1v) is 7.91. The van der Waals surface area contributed by atoms with Gasteiger partial charge in [-0.15, -0.1) is 0 Å². The van der Waals surface area contributed by atoms with Gasteiger partial charge in [-0.3, -0.25) is 0 Å². The average molecular weight is 276 g/mol. The zero-order valence-corrected chi connectivity index (χ0v) is 11.8. The van der Waals surface area contributed by atoms with Crippen LogP contribution in [0.25, 0.3) is 11.1 Å². The minimum atomic E-state index is -0.769. The Morgan fingerprint density at radius 1 is 0.600 bits per heavy atom. The maximum absolute atomic E-state index is 6.31. The minimum Gasteiger partial charge on any atom is -0.464 e. The third-order valence-corrected chi connectivity index (χ3v) is 5.45. The number of para-hydroxylation sites is 1. The minimum absolute atomic E-state index is 0.769. The molecule has 1 aliphatic heterocycles. The van der Waals surface area contributed by atoms with Gasteiger partial charge in [0.25, 0.3) is 0 Å². The van der Waals surface area contributed by atoms with Gasteiger partial charge in [-0.1, -0.05) is 72.8 Å². The normalized spacial score (nSPS) is 15.9. The van der Waals surface area contributed by atoms with E-state index in [0.717, 1.165) is 5.75 Å². The van der Waals surface area contributed by atoms with Crippen molar-refractivity contribution in [3.05, 3.63) is 78.9 Å². The van der Waals surface area contributed by atoms with Crippen molar-refractivity contribution in [2.24, 2.45) is 0 Å². The van der Waals surface area contributed by atoms with E-state index >= 15 is 0 Å². The van der Waals surface area contributed by atoms with Crippen LogP contribution in [-0.2, 0) is 0 Å². The van der Waals surface area contributed by atoms with Crippen molar-refractivity contribution in [2.45, 2.75) is 0 Å². The summed E-state index contributed by atoms with van der Waals surface area (Å²) < 4.78 is 6.31. The van der Waals surface area contributed by atoms with Crippen molar-refractivity contribution >= 4 is 18.8 Å². The first-order valence-electron chi connectivity index (χ1n) is 6.65.